The Kier molecular flexibility index (Phi) is 7.62. The van der Waals surface area contributed by atoms with Gasteiger partial charge in [0.25, 0.3) is 5.91 Å². The maximum absolute atomic E-state index is 13.1. The van der Waals surface area contributed by atoms with Crippen molar-refractivity contribution in [3.8, 4) is 0 Å². The molecule has 0 aliphatic carbocycles. The van der Waals surface area contributed by atoms with Crippen LogP contribution >= 0.6 is 12.4 Å². The van der Waals surface area contributed by atoms with E-state index in [0.717, 1.165) is 44.5 Å². The molecule has 0 unspecified atom stereocenters. The highest BCUT2D eigenvalue weighted by Gasteiger charge is 2.29. The van der Waals surface area contributed by atoms with Crippen molar-refractivity contribution in [3.05, 3.63) is 35.4 Å². The van der Waals surface area contributed by atoms with Gasteiger partial charge in [-0.15, -0.1) is 12.4 Å². The third-order valence-electron chi connectivity index (χ3n) is 4.93. The first-order valence-corrected chi connectivity index (χ1v) is 9.29. The Bertz CT molecular complexity index is 675. The van der Waals surface area contributed by atoms with Gasteiger partial charge in [-0.3, -0.25) is 14.5 Å². The van der Waals surface area contributed by atoms with Crippen molar-refractivity contribution in [3.63, 3.8) is 0 Å². The number of piperidine rings is 1. The number of hydrogen-bond acceptors (Lipinski definition) is 4. The van der Waals surface area contributed by atoms with Crippen LogP contribution in [-0.2, 0) is 11.3 Å². The van der Waals surface area contributed by atoms with Crippen molar-refractivity contribution in [1.29, 1.82) is 0 Å². The predicted octanol–water partition coefficient (Wildman–Crippen LogP) is 1.76. The van der Waals surface area contributed by atoms with E-state index in [-0.39, 0.29) is 49.4 Å². The summed E-state index contributed by atoms with van der Waals surface area (Å²) in [7, 11) is 0. The summed E-state index contributed by atoms with van der Waals surface area (Å²) < 4.78 is 0. The Morgan fingerprint density at radius 1 is 1.26 bits per heavy atom. The number of urea groups is 1. The zero-order chi connectivity index (χ0) is 18.5. The number of carbonyl (C=O) groups excluding carboxylic acids is 3. The molecular weight excluding hydrogens is 368 g/mol. The summed E-state index contributed by atoms with van der Waals surface area (Å²) >= 11 is 0. The van der Waals surface area contributed by atoms with Crippen molar-refractivity contribution in [2.75, 3.05) is 26.2 Å². The Hall–Kier alpha value is -2.12. The fraction of sp³-hybridized carbons (Fsp3) is 0.526. The SMILES string of the molecule is CCCN(C(=O)c1cccc(CN2C(=O)CNC2=O)c1)C1CCNCC1.Cl. The summed E-state index contributed by atoms with van der Waals surface area (Å²) in [6.07, 6.45) is 2.85. The van der Waals surface area contributed by atoms with E-state index in [2.05, 4.69) is 17.6 Å². The predicted molar refractivity (Wildman–Crippen MR) is 105 cm³/mol. The van der Waals surface area contributed by atoms with Crippen molar-refractivity contribution in [2.45, 2.75) is 38.8 Å². The van der Waals surface area contributed by atoms with Gasteiger partial charge in [0.05, 0.1) is 13.1 Å². The maximum Gasteiger partial charge on any atom is 0.324 e. The molecule has 0 spiro atoms. The van der Waals surface area contributed by atoms with Gasteiger partial charge in [0.15, 0.2) is 0 Å². The van der Waals surface area contributed by atoms with Crippen LogP contribution in [0.2, 0.25) is 0 Å². The summed E-state index contributed by atoms with van der Waals surface area (Å²) in [6, 6.07) is 7.14. The molecule has 2 heterocycles. The van der Waals surface area contributed by atoms with Gasteiger partial charge < -0.3 is 15.5 Å². The second kappa shape index (κ2) is 9.71. The summed E-state index contributed by atoms with van der Waals surface area (Å²) in [4.78, 5) is 39.7. The Morgan fingerprint density at radius 2 is 2.00 bits per heavy atom. The van der Waals surface area contributed by atoms with Gasteiger partial charge in [-0.05, 0) is 50.0 Å². The van der Waals surface area contributed by atoms with E-state index in [1.807, 2.05) is 17.0 Å². The van der Waals surface area contributed by atoms with Crippen LogP contribution < -0.4 is 10.6 Å². The highest BCUT2D eigenvalue weighted by molar-refractivity contribution is 6.02. The molecule has 0 saturated carbocycles. The molecule has 2 N–H and O–H groups in total. The smallest absolute Gasteiger partial charge is 0.324 e. The lowest BCUT2D eigenvalue weighted by molar-refractivity contribution is -0.125. The summed E-state index contributed by atoms with van der Waals surface area (Å²) in [6.45, 7) is 4.91. The first kappa shape index (κ1) is 21.2. The van der Waals surface area contributed by atoms with Crippen LogP contribution in [0.5, 0.6) is 0 Å². The van der Waals surface area contributed by atoms with Crippen LogP contribution in [0.4, 0.5) is 4.79 Å². The van der Waals surface area contributed by atoms with Crippen molar-refractivity contribution < 1.29 is 14.4 Å². The van der Waals surface area contributed by atoms with Gasteiger partial charge in [-0.25, -0.2) is 4.79 Å². The van der Waals surface area contributed by atoms with Crippen LogP contribution in [0, 0.1) is 0 Å². The van der Waals surface area contributed by atoms with Crippen molar-refractivity contribution >= 4 is 30.3 Å². The number of halogens is 1. The van der Waals surface area contributed by atoms with Crippen LogP contribution in [-0.4, -0.2) is 59.9 Å². The van der Waals surface area contributed by atoms with Gasteiger partial charge in [-0.2, -0.15) is 0 Å². The van der Waals surface area contributed by atoms with E-state index in [4.69, 9.17) is 0 Å². The minimum absolute atomic E-state index is 0. The molecule has 2 fully saturated rings. The Morgan fingerprint density at radius 3 is 2.63 bits per heavy atom. The Labute approximate surface area is 165 Å². The van der Waals surface area contributed by atoms with E-state index in [1.54, 1.807) is 12.1 Å². The van der Waals surface area contributed by atoms with Crippen molar-refractivity contribution in [1.82, 2.24) is 20.4 Å². The topological polar surface area (TPSA) is 81.8 Å². The molecule has 7 nitrogen and oxygen atoms in total. The number of imide groups is 1. The zero-order valence-electron chi connectivity index (χ0n) is 15.6. The molecular formula is C19H27ClN4O3. The monoisotopic (exact) mass is 394 g/mol. The number of amides is 4. The number of nitrogens with zero attached hydrogens (tertiary/aromatic N) is 2. The zero-order valence-corrected chi connectivity index (χ0v) is 16.4. The molecule has 27 heavy (non-hydrogen) atoms. The average Bonchev–Trinajstić information content (AvgIpc) is 2.98. The number of carbonyl (C=O) groups is 3. The highest BCUT2D eigenvalue weighted by Crippen LogP contribution is 2.18. The molecule has 0 radical (unpaired) electrons. The third-order valence-corrected chi connectivity index (χ3v) is 4.93. The van der Waals surface area contributed by atoms with E-state index in [0.29, 0.717) is 5.56 Å². The van der Waals surface area contributed by atoms with Gasteiger partial charge >= 0.3 is 6.03 Å². The molecule has 8 heteroatoms. The summed E-state index contributed by atoms with van der Waals surface area (Å²) in [5.41, 5.74) is 1.39. The fourth-order valence-electron chi connectivity index (χ4n) is 3.58. The normalized spacial score (nSPS) is 17.4. The first-order valence-electron chi connectivity index (χ1n) is 9.29. The first-order chi connectivity index (χ1) is 12.6. The summed E-state index contributed by atoms with van der Waals surface area (Å²) in [5, 5.41) is 5.85. The molecule has 1 aromatic rings. The lowest BCUT2D eigenvalue weighted by atomic mass is 10.0. The second-order valence-corrected chi connectivity index (χ2v) is 6.82. The highest BCUT2D eigenvalue weighted by atomic mass is 35.5. The average molecular weight is 395 g/mol. The van der Waals surface area contributed by atoms with Gasteiger partial charge in [-0.1, -0.05) is 19.1 Å². The molecule has 0 atom stereocenters. The molecule has 2 aliphatic rings. The molecule has 3 rings (SSSR count). The van der Waals surface area contributed by atoms with Gasteiger partial charge in [0.2, 0.25) is 5.91 Å². The van der Waals surface area contributed by atoms with E-state index < -0.39 is 0 Å². The van der Waals surface area contributed by atoms with E-state index in [1.165, 1.54) is 4.90 Å². The van der Waals surface area contributed by atoms with Crippen LogP contribution in [0.3, 0.4) is 0 Å². The molecule has 0 bridgehead atoms. The van der Waals surface area contributed by atoms with Crippen LogP contribution in [0.15, 0.2) is 24.3 Å². The molecule has 2 aliphatic heterocycles. The van der Waals surface area contributed by atoms with E-state index >= 15 is 0 Å². The largest absolute Gasteiger partial charge is 0.336 e. The maximum atomic E-state index is 13.1. The van der Waals surface area contributed by atoms with Crippen LogP contribution in [0.1, 0.15) is 42.1 Å². The number of rotatable bonds is 6. The van der Waals surface area contributed by atoms with Gasteiger partial charge in [0, 0.05) is 18.2 Å². The van der Waals surface area contributed by atoms with E-state index in [9.17, 15) is 14.4 Å². The molecule has 4 amide bonds. The van der Waals surface area contributed by atoms with Crippen LogP contribution in [0.25, 0.3) is 0 Å². The minimum atomic E-state index is -0.381. The minimum Gasteiger partial charge on any atom is -0.336 e. The lowest BCUT2D eigenvalue weighted by Gasteiger charge is -2.34. The molecule has 1 aromatic carbocycles. The van der Waals surface area contributed by atoms with Crippen molar-refractivity contribution in [2.24, 2.45) is 0 Å². The molecule has 2 saturated heterocycles. The number of nitrogens with one attached hydrogen (secondary N) is 2. The molecule has 0 aromatic heterocycles. The summed E-state index contributed by atoms with van der Waals surface area (Å²) in [5.74, 6) is -0.216. The second-order valence-electron chi connectivity index (χ2n) is 6.82. The number of hydrogen-bond donors (Lipinski definition) is 2. The van der Waals surface area contributed by atoms with Gasteiger partial charge in [0.1, 0.15) is 0 Å². The lowest BCUT2D eigenvalue weighted by Crippen LogP contribution is -2.46. The standard InChI is InChI=1S/C19H26N4O3.ClH/c1-2-10-22(16-6-8-20-9-7-16)18(25)15-5-3-4-14(11-15)13-23-17(24)12-21-19(23)26;/h3-5,11,16,20H,2,6-10,12-13H2,1H3,(H,21,26);1H. The molecule has 148 valence electrons. The fourth-order valence-corrected chi connectivity index (χ4v) is 3.58. The quantitative estimate of drug-likeness (QED) is 0.720. The third kappa shape index (κ3) is 4.99. The Balaban J connectivity index is 0.00000261. The number of benzene rings is 1.